The molecule has 5 rings (SSSR count). The number of esters is 1. The fraction of sp³-hybridized carbons (Fsp3) is 0.400. The summed E-state index contributed by atoms with van der Waals surface area (Å²) in [6.07, 6.45) is 6.29. The zero-order valence-corrected chi connectivity index (χ0v) is 14.9. The maximum absolute atomic E-state index is 12.6. The number of pyridine rings is 1. The number of hydrogen-bond acceptors (Lipinski definition) is 6. The Bertz CT molecular complexity index is 817. The van der Waals surface area contributed by atoms with Crippen molar-refractivity contribution in [2.75, 3.05) is 13.1 Å². The number of benzene rings is 1. The molecule has 3 fully saturated rings. The van der Waals surface area contributed by atoms with E-state index in [1.165, 1.54) is 24.3 Å². The Balaban J connectivity index is 1.51. The summed E-state index contributed by atoms with van der Waals surface area (Å²) in [4.78, 5) is 29.5. The molecule has 140 valence electrons. The standard InChI is InChI=1S/C20H21N3O4/c24-20(16-3-5-17(6-4-16)23(25)26)27-19-15-7-10-22(11-8-15)18(19)12-14-2-1-9-21-13-14/h1-6,9,13,15,18-19H,7-8,10-12H2. The lowest BCUT2D eigenvalue weighted by atomic mass is 9.78. The number of carbonyl (C=O) groups excluding carboxylic acids is 1. The van der Waals surface area contributed by atoms with Gasteiger partial charge in [0.05, 0.1) is 16.5 Å². The maximum atomic E-state index is 12.6. The Hall–Kier alpha value is -2.80. The van der Waals surface area contributed by atoms with Gasteiger partial charge in [0.25, 0.3) is 5.69 Å². The predicted molar refractivity (Wildman–Crippen MR) is 98.3 cm³/mol. The van der Waals surface area contributed by atoms with Crippen LogP contribution in [0, 0.1) is 16.0 Å². The first-order valence-corrected chi connectivity index (χ1v) is 9.20. The molecule has 0 amide bonds. The molecule has 0 spiro atoms. The number of ether oxygens (including phenoxy) is 1. The fourth-order valence-corrected chi connectivity index (χ4v) is 4.19. The van der Waals surface area contributed by atoms with Crippen molar-refractivity contribution in [2.24, 2.45) is 5.92 Å². The SMILES string of the molecule is O=C(OC1C2CCN(CC2)C1Cc1cccnc1)c1ccc([N+](=O)[O-])cc1. The zero-order valence-electron chi connectivity index (χ0n) is 14.9. The van der Waals surface area contributed by atoms with Crippen molar-refractivity contribution in [3.05, 3.63) is 70.0 Å². The molecule has 2 bridgehead atoms. The van der Waals surface area contributed by atoms with Crippen LogP contribution in [0.15, 0.2) is 48.8 Å². The lowest BCUT2D eigenvalue weighted by Gasteiger charge is -2.50. The third-order valence-corrected chi connectivity index (χ3v) is 5.61. The molecule has 7 heteroatoms. The summed E-state index contributed by atoms with van der Waals surface area (Å²) in [6, 6.07) is 9.69. The Morgan fingerprint density at radius 1 is 1.22 bits per heavy atom. The van der Waals surface area contributed by atoms with Gasteiger partial charge in [-0.2, -0.15) is 0 Å². The number of hydrogen-bond donors (Lipinski definition) is 0. The van der Waals surface area contributed by atoms with Gasteiger partial charge in [-0.1, -0.05) is 6.07 Å². The number of carbonyl (C=O) groups is 1. The van der Waals surface area contributed by atoms with Crippen LogP contribution in [0.4, 0.5) is 5.69 Å². The lowest BCUT2D eigenvalue weighted by Crippen LogP contribution is -2.59. The molecule has 0 radical (unpaired) electrons. The van der Waals surface area contributed by atoms with Gasteiger partial charge in [0.2, 0.25) is 0 Å². The molecule has 0 aliphatic carbocycles. The third-order valence-electron chi connectivity index (χ3n) is 5.61. The van der Waals surface area contributed by atoms with Crippen LogP contribution in [0.25, 0.3) is 0 Å². The van der Waals surface area contributed by atoms with E-state index in [-0.39, 0.29) is 17.8 Å². The molecule has 2 atom stereocenters. The second-order valence-corrected chi connectivity index (χ2v) is 7.18. The highest BCUT2D eigenvalue weighted by atomic mass is 16.6. The number of fused-ring (bicyclic) bond motifs is 3. The van der Waals surface area contributed by atoms with E-state index in [1.54, 1.807) is 6.20 Å². The topological polar surface area (TPSA) is 85.6 Å². The van der Waals surface area contributed by atoms with Gasteiger partial charge in [-0.05, 0) is 62.0 Å². The summed E-state index contributed by atoms with van der Waals surface area (Å²) in [5.74, 6) is -0.0569. The molecule has 27 heavy (non-hydrogen) atoms. The molecule has 1 aromatic heterocycles. The first-order chi connectivity index (χ1) is 13.1. The molecule has 2 aromatic rings. The fourth-order valence-electron chi connectivity index (χ4n) is 4.19. The molecule has 0 N–H and O–H groups in total. The molecule has 3 saturated heterocycles. The minimum absolute atomic E-state index is 0.0381. The van der Waals surface area contributed by atoms with Crippen molar-refractivity contribution in [1.29, 1.82) is 0 Å². The first kappa shape index (κ1) is 17.6. The van der Waals surface area contributed by atoms with Crippen molar-refractivity contribution in [1.82, 2.24) is 9.88 Å². The van der Waals surface area contributed by atoms with E-state index >= 15 is 0 Å². The quantitative estimate of drug-likeness (QED) is 0.459. The van der Waals surface area contributed by atoms with Crippen LogP contribution in [-0.2, 0) is 11.2 Å². The summed E-state index contributed by atoms with van der Waals surface area (Å²) >= 11 is 0. The van der Waals surface area contributed by atoms with Gasteiger partial charge in [-0.25, -0.2) is 4.79 Å². The van der Waals surface area contributed by atoms with Crippen molar-refractivity contribution in [2.45, 2.75) is 31.4 Å². The zero-order chi connectivity index (χ0) is 18.8. The minimum atomic E-state index is -0.480. The highest BCUT2D eigenvalue weighted by Gasteiger charge is 2.44. The van der Waals surface area contributed by atoms with Gasteiger partial charge in [0, 0.05) is 24.5 Å². The van der Waals surface area contributed by atoms with Crippen LogP contribution in [0.2, 0.25) is 0 Å². The summed E-state index contributed by atoms with van der Waals surface area (Å²) in [5.41, 5.74) is 1.44. The number of piperidine rings is 3. The van der Waals surface area contributed by atoms with Gasteiger partial charge in [0.15, 0.2) is 0 Å². The third kappa shape index (κ3) is 3.68. The van der Waals surface area contributed by atoms with Crippen molar-refractivity contribution < 1.29 is 14.5 Å². The number of nitro benzene ring substituents is 1. The second kappa shape index (κ2) is 7.44. The number of rotatable bonds is 5. The number of nitrogens with zero attached hydrogens (tertiary/aromatic N) is 3. The lowest BCUT2D eigenvalue weighted by molar-refractivity contribution is -0.384. The van der Waals surface area contributed by atoms with E-state index in [0.29, 0.717) is 11.5 Å². The Labute approximate surface area is 157 Å². The first-order valence-electron chi connectivity index (χ1n) is 9.20. The van der Waals surface area contributed by atoms with Crippen LogP contribution in [0.1, 0.15) is 28.8 Å². The normalized spacial score (nSPS) is 26.5. The Morgan fingerprint density at radius 3 is 2.59 bits per heavy atom. The smallest absolute Gasteiger partial charge is 0.338 e. The van der Waals surface area contributed by atoms with Crippen LogP contribution >= 0.6 is 0 Å². The number of aromatic nitrogens is 1. The van der Waals surface area contributed by atoms with Crippen molar-refractivity contribution in [3.8, 4) is 0 Å². The molecule has 7 nitrogen and oxygen atoms in total. The average Bonchev–Trinajstić information content (AvgIpc) is 2.71. The molecule has 3 aliphatic rings. The van der Waals surface area contributed by atoms with E-state index in [2.05, 4.69) is 9.88 Å². The minimum Gasteiger partial charge on any atom is -0.457 e. The van der Waals surface area contributed by atoms with Crippen molar-refractivity contribution in [3.63, 3.8) is 0 Å². The van der Waals surface area contributed by atoms with E-state index < -0.39 is 10.9 Å². The highest BCUT2D eigenvalue weighted by molar-refractivity contribution is 5.89. The molecule has 4 heterocycles. The Morgan fingerprint density at radius 2 is 1.96 bits per heavy atom. The molecule has 1 aromatic carbocycles. The van der Waals surface area contributed by atoms with Crippen LogP contribution < -0.4 is 0 Å². The van der Waals surface area contributed by atoms with Crippen molar-refractivity contribution >= 4 is 11.7 Å². The van der Waals surface area contributed by atoms with E-state index in [9.17, 15) is 14.9 Å². The molecule has 2 unspecified atom stereocenters. The van der Waals surface area contributed by atoms with Crippen LogP contribution in [0.5, 0.6) is 0 Å². The van der Waals surface area contributed by atoms with E-state index in [1.807, 2.05) is 18.3 Å². The van der Waals surface area contributed by atoms with Gasteiger partial charge in [-0.15, -0.1) is 0 Å². The van der Waals surface area contributed by atoms with Crippen LogP contribution in [0.3, 0.4) is 0 Å². The summed E-state index contributed by atoms with van der Waals surface area (Å²) < 4.78 is 5.93. The van der Waals surface area contributed by atoms with Crippen LogP contribution in [-0.4, -0.2) is 46.0 Å². The summed E-state index contributed by atoms with van der Waals surface area (Å²) in [6.45, 7) is 2.06. The number of nitro groups is 1. The number of non-ortho nitro benzene ring substituents is 1. The Kier molecular flexibility index (Phi) is 4.85. The van der Waals surface area contributed by atoms with E-state index in [0.717, 1.165) is 37.9 Å². The average molecular weight is 367 g/mol. The highest BCUT2D eigenvalue weighted by Crippen LogP contribution is 2.36. The van der Waals surface area contributed by atoms with Gasteiger partial charge in [-0.3, -0.25) is 20.0 Å². The summed E-state index contributed by atoms with van der Waals surface area (Å²) in [7, 11) is 0. The maximum Gasteiger partial charge on any atom is 0.338 e. The molecule has 3 aliphatic heterocycles. The second-order valence-electron chi connectivity index (χ2n) is 7.18. The monoisotopic (exact) mass is 367 g/mol. The summed E-state index contributed by atoms with van der Waals surface area (Å²) in [5, 5.41) is 10.8. The molecule has 0 saturated carbocycles. The molecular formula is C20H21N3O4. The largest absolute Gasteiger partial charge is 0.457 e. The van der Waals surface area contributed by atoms with Gasteiger partial charge in [0.1, 0.15) is 6.10 Å². The van der Waals surface area contributed by atoms with Gasteiger partial charge < -0.3 is 4.74 Å². The van der Waals surface area contributed by atoms with Gasteiger partial charge >= 0.3 is 5.97 Å². The predicted octanol–water partition coefficient (Wildman–Crippen LogP) is 2.85. The molecular weight excluding hydrogens is 346 g/mol. The van der Waals surface area contributed by atoms with E-state index in [4.69, 9.17) is 4.74 Å².